The highest BCUT2D eigenvalue weighted by Crippen LogP contribution is 2.25. The van der Waals surface area contributed by atoms with Gasteiger partial charge in [0.25, 0.3) is 0 Å². The maximum Gasteiger partial charge on any atom is 0.0595 e. The van der Waals surface area contributed by atoms with Gasteiger partial charge in [0.05, 0.1) is 21.4 Å². The van der Waals surface area contributed by atoms with Crippen LogP contribution in [0.2, 0.25) is 15.1 Å². The molecule has 2 rings (SSSR count). The van der Waals surface area contributed by atoms with Gasteiger partial charge in [0, 0.05) is 11.6 Å². The maximum atomic E-state index is 5.95. The van der Waals surface area contributed by atoms with Gasteiger partial charge >= 0.3 is 0 Å². The van der Waals surface area contributed by atoms with Gasteiger partial charge in [0.2, 0.25) is 0 Å². The molecule has 0 amide bonds. The molecule has 18 heavy (non-hydrogen) atoms. The molecule has 0 saturated carbocycles. The zero-order valence-electron chi connectivity index (χ0n) is 9.38. The quantitative estimate of drug-likeness (QED) is 0.796. The topological polar surface area (TPSA) is 38.0 Å². The van der Waals surface area contributed by atoms with Gasteiger partial charge in [-0.05, 0) is 35.9 Å². The molecule has 2 aromatic rings. The zero-order valence-corrected chi connectivity index (χ0v) is 11.7. The normalized spacial score (nSPS) is 10.4. The van der Waals surface area contributed by atoms with E-state index < -0.39 is 0 Å². The summed E-state index contributed by atoms with van der Waals surface area (Å²) in [5.41, 5.74) is 8.32. The van der Waals surface area contributed by atoms with E-state index in [1.807, 2.05) is 18.2 Å². The van der Waals surface area contributed by atoms with Gasteiger partial charge in [-0.15, -0.1) is 0 Å². The lowest BCUT2D eigenvalue weighted by Crippen LogP contribution is -2.02. The number of nitrogen functional groups attached to an aromatic ring is 1. The lowest BCUT2D eigenvalue weighted by Gasteiger charge is -2.10. The molecule has 0 heterocycles. The first-order valence-corrected chi connectivity index (χ1v) is 6.42. The van der Waals surface area contributed by atoms with Gasteiger partial charge in [0.15, 0.2) is 0 Å². The Kier molecular flexibility index (Phi) is 4.23. The van der Waals surface area contributed by atoms with E-state index in [1.165, 1.54) is 0 Å². The molecular formula is C13H11Cl3N2. The monoisotopic (exact) mass is 300 g/mol. The lowest BCUT2D eigenvalue weighted by atomic mass is 10.2. The second-order valence-corrected chi connectivity index (χ2v) is 5.08. The molecule has 3 N–H and O–H groups in total. The Balaban J connectivity index is 2.09. The fourth-order valence-electron chi connectivity index (χ4n) is 1.54. The summed E-state index contributed by atoms with van der Waals surface area (Å²) < 4.78 is 0. The first-order valence-electron chi connectivity index (χ1n) is 5.29. The molecule has 0 spiro atoms. The average molecular weight is 302 g/mol. The molecule has 5 heteroatoms. The second-order valence-electron chi connectivity index (χ2n) is 3.83. The van der Waals surface area contributed by atoms with E-state index >= 15 is 0 Å². The maximum absolute atomic E-state index is 5.95. The van der Waals surface area contributed by atoms with Gasteiger partial charge in [-0.3, -0.25) is 0 Å². The van der Waals surface area contributed by atoms with E-state index in [4.69, 9.17) is 40.5 Å². The standard InChI is InChI=1S/C13H11Cl3N2/c14-9-2-4-13(12(17)6-9)18-7-8-1-3-10(15)11(16)5-8/h1-6,18H,7,17H2. The molecule has 0 fully saturated rings. The van der Waals surface area contributed by atoms with E-state index in [2.05, 4.69) is 5.32 Å². The van der Waals surface area contributed by atoms with Crippen LogP contribution >= 0.6 is 34.8 Å². The molecule has 0 atom stereocenters. The number of benzene rings is 2. The van der Waals surface area contributed by atoms with Gasteiger partial charge in [-0.25, -0.2) is 0 Å². The summed E-state index contributed by atoms with van der Waals surface area (Å²) in [7, 11) is 0. The Morgan fingerprint density at radius 1 is 0.944 bits per heavy atom. The highest BCUT2D eigenvalue weighted by Gasteiger charge is 2.02. The number of halogens is 3. The van der Waals surface area contributed by atoms with Crippen LogP contribution < -0.4 is 11.1 Å². The van der Waals surface area contributed by atoms with Crippen molar-refractivity contribution < 1.29 is 0 Å². The Bertz CT molecular complexity index is 570. The number of hydrogen-bond donors (Lipinski definition) is 2. The van der Waals surface area contributed by atoms with Gasteiger partial charge in [0.1, 0.15) is 0 Å². The zero-order chi connectivity index (χ0) is 13.1. The summed E-state index contributed by atoms with van der Waals surface area (Å²) >= 11 is 17.6. The molecule has 94 valence electrons. The molecule has 0 radical (unpaired) electrons. The van der Waals surface area contributed by atoms with Crippen molar-refractivity contribution in [2.75, 3.05) is 11.1 Å². The smallest absolute Gasteiger partial charge is 0.0595 e. The van der Waals surface area contributed by atoms with Crippen molar-refractivity contribution in [1.29, 1.82) is 0 Å². The van der Waals surface area contributed by atoms with Crippen LogP contribution in [0.3, 0.4) is 0 Å². The van der Waals surface area contributed by atoms with Crippen molar-refractivity contribution in [2.45, 2.75) is 6.54 Å². The molecule has 2 nitrogen and oxygen atoms in total. The first kappa shape index (κ1) is 13.3. The molecule has 2 aromatic carbocycles. The predicted molar refractivity (Wildman–Crippen MR) is 79.7 cm³/mol. The van der Waals surface area contributed by atoms with Crippen LogP contribution in [-0.4, -0.2) is 0 Å². The molecule has 0 aliphatic heterocycles. The fourth-order valence-corrected chi connectivity index (χ4v) is 2.04. The van der Waals surface area contributed by atoms with Crippen molar-refractivity contribution in [1.82, 2.24) is 0 Å². The lowest BCUT2D eigenvalue weighted by molar-refractivity contribution is 1.15. The van der Waals surface area contributed by atoms with Crippen LogP contribution in [0.25, 0.3) is 0 Å². The SMILES string of the molecule is Nc1cc(Cl)ccc1NCc1ccc(Cl)c(Cl)c1. The molecule has 0 unspecified atom stereocenters. The molecular weight excluding hydrogens is 291 g/mol. The number of hydrogen-bond acceptors (Lipinski definition) is 2. The summed E-state index contributed by atoms with van der Waals surface area (Å²) in [5, 5.41) is 4.93. The van der Waals surface area contributed by atoms with Crippen LogP contribution in [0, 0.1) is 0 Å². The van der Waals surface area contributed by atoms with Gasteiger partial charge in [-0.2, -0.15) is 0 Å². The third-order valence-corrected chi connectivity index (χ3v) is 3.45. The van der Waals surface area contributed by atoms with Gasteiger partial charge < -0.3 is 11.1 Å². The van der Waals surface area contributed by atoms with E-state index in [0.717, 1.165) is 11.3 Å². The minimum Gasteiger partial charge on any atom is -0.397 e. The van der Waals surface area contributed by atoms with Crippen LogP contribution in [-0.2, 0) is 6.54 Å². The average Bonchev–Trinajstić information content (AvgIpc) is 2.32. The first-order chi connectivity index (χ1) is 8.56. The third-order valence-electron chi connectivity index (χ3n) is 2.48. The summed E-state index contributed by atoms with van der Waals surface area (Å²) in [5.74, 6) is 0. The van der Waals surface area contributed by atoms with Crippen molar-refractivity contribution >= 4 is 46.2 Å². The van der Waals surface area contributed by atoms with Crippen LogP contribution in [0.15, 0.2) is 36.4 Å². The Labute approximate surface area is 121 Å². The Morgan fingerprint density at radius 2 is 1.72 bits per heavy atom. The van der Waals surface area contributed by atoms with Gasteiger partial charge in [-0.1, -0.05) is 40.9 Å². The highest BCUT2D eigenvalue weighted by atomic mass is 35.5. The molecule has 0 saturated heterocycles. The van der Waals surface area contributed by atoms with Crippen molar-refractivity contribution in [3.63, 3.8) is 0 Å². The molecule has 0 aliphatic rings. The Morgan fingerprint density at radius 3 is 2.39 bits per heavy atom. The van der Waals surface area contributed by atoms with Crippen LogP contribution in [0.4, 0.5) is 11.4 Å². The van der Waals surface area contributed by atoms with E-state index in [1.54, 1.807) is 18.2 Å². The summed E-state index contributed by atoms with van der Waals surface area (Å²) in [6.07, 6.45) is 0. The third kappa shape index (κ3) is 3.22. The molecule has 0 aromatic heterocycles. The summed E-state index contributed by atoms with van der Waals surface area (Å²) in [6, 6.07) is 10.8. The second kappa shape index (κ2) is 5.70. The number of nitrogens with one attached hydrogen (secondary N) is 1. The van der Waals surface area contributed by atoms with Crippen molar-refractivity contribution in [3.05, 3.63) is 57.0 Å². The predicted octanol–water partition coefficient (Wildman–Crippen LogP) is 4.84. The minimum atomic E-state index is 0.542. The van der Waals surface area contributed by atoms with Crippen molar-refractivity contribution in [2.24, 2.45) is 0 Å². The Hall–Kier alpha value is -1.09. The summed E-state index contributed by atoms with van der Waals surface area (Å²) in [4.78, 5) is 0. The van der Waals surface area contributed by atoms with Crippen molar-refractivity contribution in [3.8, 4) is 0 Å². The number of nitrogens with two attached hydrogens (primary N) is 1. The highest BCUT2D eigenvalue weighted by molar-refractivity contribution is 6.42. The van der Waals surface area contributed by atoms with Crippen LogP contribution in [0.5, 0.6) is 0 Å². The molecule has 0 aliphatic carbocycles. The number of rotatable bonds is 3. The largest absolute Gasteiger partial charge is 0.397 e. The minimum absolute atomic E-state index is 0.542. The van der Waals surface area contributed by atoms with Crippen LogP contribution in [0.1, 0.15) is 5.56 Å². The van der Waals surface area contributed by atoms with E-state index in [0.29, 0.717) is 27.3 Å². The molecule has 0 bridgehead atoms. The number of anilines is 2. The fraction of sp³-hybridized carbons (Fsp3) is 0.0769. The summed E-state index contributed by atoms with van der Waals surface area (Å²) in [6.45, 7) is 0.614. The van der Waals surface area contributed by atoms with E-state index in [-0.39, 0.29) is 0 Å². The van der Waals surface area contributed by atoms with E-state index in [9.17, 15) is 0 Å².